The lowest BCUT2D eigenvalue weighted by Crippen LogP contribution is -2.53. The summed E-state index contributed by atoms with van der Waals surface area (Å²) in [5.41, 5.74) is 3.03. The van der Waals surface area contributed by atoms with Crippen LogP contribution in [0.25, 0.3) is 0 Å². The van der Waals surface area contributed by atoms with E-state index in [1.807, 2.05) is 71.0 Å². The number of thioether (sulfide) groups is 1. The zero-order valence-corrected chi connectivity index (χ0v) is 19.6. The van der Waals surface area contributed by atoms with Crippen molar-refractivity contribution in [2.75, 3.05) is 5.75 Å². The Kier molecular flexibility index (Phi) is 8.97. The van der Waals surface area contributed by atoms with Crippen LogP contribution in [0.5, 0.6) is 0 Å². The van der Waals surface area contributed by atoms with Crippen LogP contribution in [0.4, 0.5) is 0 Å². The van der Waals surface area contributed by atoms with Gasteiger partial charge < -0.3 is 10.2 Å². The predicted molar refractivity (Wildman–Crippen MR) is 126 cm³/mol. The van der Waals surface area contributed by atoms with Crippen LogP contribution in [0.15, 0.2) is 54.6 Å². The molecular weight excluding hydrogens is 392 g/mol. The van der Waals surface area contributed by atoms with Crippen LogP contribution < -0.4 is 5.32 Å². The summed E-state index contributed by atoms with van der Waals surface area (Å²) >= 11 is 1.59. The van der Waals surface area contributed by atoms with Crippen molar-refractivity contribution in [3.8, 4) is 0 Å². The van der Waals surface area contributed by atoms with Gasteiger partial charge in [0, 0.05) is 17.8 Å². The number of rotatable bonds is 9. The maximum Gasteiger partial charge on any atom is 0.243 e. The second kappa shape index (κ2) is 11.2. The Hall–Kier alpha value is -2.27. The lowest BCUT2D eigenvalue weighted by Gasteiger charge is -2.33. The lowest BCUT2D eigenvalue weighted by atomic mass is 10.1. The van der Waals surface area contributed by atoms with Gasteiger partial charge in [0.2, 0.25) is 11.8 Å². The molecule has 162 valence electrons. The van der Waals surface area contributed by atoms with Crippen molar-refractivity contribution in [1.82, 2.24) is 10.2 Å². The number of carbonyl (C=O) groups is 2. The van der Waals surface area contributed by atoms with Gasteiger partial charge in [0.25, 0.3) is 0 Å². The second-order valence-corrected chi connectivity index (χ2v) is 9.64. The Morgan fingerprint density at radius 3 is 2.30 bits per heavy atom. The zero-order valence-electron chi connectivity index (χ0n) is 18.8. The molecule has 0 fully saturated rings. The third-order valence-electron chi connectivity index (χ3n) is 4.66. The summed E-state index contributed by atoms with van der Waals surface area (Å²) in [7, 11) is 0. The largest absolute Gasteiger partial charge is 0.350 e. The van der Waals surface area contributed by atoms with Crippen molar-refractivity contribution < 1.29 is 9.59 Å². The van der Waals surface area contributed by atoms with Crippen molar-refractivity contribution in [2.24, 2.45) is 0 Å². The number of hydrogen-bond acceptors (Lipinski definition) is 3. The number of hydrogen-bond donors (Lipinski definition) is 1. The van der Waals surface area contributed by atoms with Crippen molar-refractivity contribution in [2.45, 2.75) is 64.9 Å². The highest BCUT2D eigenvalue weighted by molar-refractivity contribution is 7.99. The Labute approximate surface area is 185 Å². The van der Waals surface area contributed by atoms with Gasteiger partial charge in [-0.2, -0.15) is 0 Å². The second-order valence-electron chi connectivity index (χ2n) is 8.65. The molecule has 4 nitrogen and oxygen atoms in total. The SMILES string of the molecule is CCC(C(=O)NC(C)(C)C)N(Cc1cccc(C)c1)C(=O)CSCc1ccccc1. The van der Waals surface area contributed by atoms with Gasteiger partial charge >= 0.3 is 0 Å². The fourth-order valence-electron chi connectivity index (χ4n) is 3.29. The molecule has 1 unspecified atom stereocenters. The molecule has 0 aliphatic rings. The smallest absolute Gasteiger partial charge is 0.243 e. The Bertz CT molecular complexity index is 831. The van der Waals surface area contributed by atoms with E-state index in [1.165, 1.54) is 5.56 Å². The number of nitrogens with zero attached hydrogens (tertiary/aromatic N) is 1. The molecular formula is C25H34N2O2S. The van der Waals surface area contributed by atoms with Gasteiger partial charge in [-0.25, -0.2) is 0 Å². The highest BCUT2D eigenvalue weighted by Crippen LogP contribution is 2.18. The maximum absolute atomic E-state index is 13.2. The summed E-state index contributed by atoms with van der Waals surface area (Å²) in [6, 6.07) is 17.8. The molecule has 0 heterocycles. The average molecular weight is 427 g/mol. The predicted octanol–water partition coefficient (Wildman–Crippen LogP) is 4.95. The molecule has 0 saturated carbocycles. The van der Waals surface area contributed by atoms with Crippen LogP contribution in [0.2, 0.25) is 0 Å². The first-order valence-corrected chi connectivity index (χ1v) is 11.6. The topological polar surface area (TPSA) is 49.4 Å². The Morgan fingerprint density at radius 2 is 1.70 bits per heavy atom. The van der Waals surface area contributed by atoms with E-state index in [0.717, 1.165) is 16.9 Å². The molecule has 1 N–H and O–H groups in total. The standard InChI is InChI=1S/C25H34N2O2S/c1-6-22(24(29)26-25(3,4)5)27(16-21-14-10-11-19(2)15-21)23(28)18-30-17-20-12-8-7-9-13-20/h7-15,22H,6,16-18H2,1-5H3,(H,26,29). The number of amides is 2. The van der Waals surface area contributed by atoms with E-state index in [2.05, 4.69) is 23.5 Å². The number of benzene rings is 2. The van der Waals surface area contributed by atoms with E-state index in [9.17, 15) is 9.59 Å². The fraction of sp³-hybridized carbons (Fsp3) is 0.440. The van der Waals surface area contributed by atoms with Crippen LogP contribution in [0.3, 0.4) is 0 Å². The van der Waals surface area contributed by atoms with Gasteiger partial charge in [-0.05, 0) is 45.2 Å². The molecule has 0 saturated heterocycles. The minimum atomic E-state index is -0.491. The van der Waals surface area contributed by atoms with Gasteiger partial charge in [-0.3, -0.25) is 9.59 Å². The van der Waals surface area contributed by atoms with Gasteiger partial charge in [0.1, 0.15) is 6.04 Å². The van der Waals surface area contributed by atoms with Gasteiger partial charge in [-0.15, -0.1) is 11.8 Å². The lowest BCUT2D eigenvalue weighted by molar-refractivity contribution is -0.140. The Morgan fingerprint density at radius 1 is 1.03 bits per heavy atom. The third kappa shape index (κ3) is 7.86. The monoisotopic (exact) mass is 426 g/mol. The van der Waals surface area contributed by atoms with Crippen LogP contribution in [-0.2, 0) is 21.9 Å². The summed E-state index contributed by atoms with van der Waals surface area (Å²) in [5, 5.41) is 3.04. The van der Waals surface area contributed by atoms with E-state index in [-0.39, 0.29) is 17.4 Å². The van der Waals surface area contributed by atoms with Crippen molar-refractivity contribution in [3.63, 3.8) is 0 Å². The van der Waals surface area contributed by atoms with E-state index < -0.39 is 6.04 Å². The summed E-state index contributed by atoms with van der Waals surface area (Å²) in [6.07, 6.45) is 0.572. The molecule has 5 heteroatoms. The first kappa shape index (κ1) is 24.0. The maximum atomic E-state index is 13.2. The van der Waals surface area contributed by atoms with Crippen molar-refractivity contribution in [3.05, 3.63) is 71.3 Å². The summed E-state index contributed by atoms with van der Waals surface area (Å²) in [4.78, 5) is 27.9. The molecule has 0 aliphatic carbocycles. The molecule has 0 bridgehead atoms. The van der Waals surface area contributed by atoms with Gasteiger partial charge in [0.05, 0.1) is 5.75 Å². The van der Waals surface area contributed by atoms with E-state index in [4.69, 9.17) is 0 Å². The third-order valence-corrected chi connectivity index (χ3v) is 5.65. The molecule has 0 radical (unpaired) electrons. The van der Waals surface area contributed by atoms with Crippen LogP contribution in [0.1, 0.15) is 50.8 Å². The summed E-state index contributed by atoms with van der Waals surface area (Å²) in [5.74, 6) is 1.02. The van der Waals surface area contributed by atoms with Crippen molar-refractivity contribution in [1.29, 1.82) is 0 Å². The van der Waals surface area contributed by atoms with E-state index in [1.54, 1.807) is 16.7 Å². The van der Waals surface area contributed by atoms with Crippen LogP contribution in [-0.4, -0.2) is 34.0 Å². The number of carbonyl (C=O) groups excluding carboxylic acids is 2. The first-order valence-electron chi connectivity index (χ1n) is 10.5. The quantitative estimate of drug-likeness (QED) is 0.617. The number of nitrogens with one attached hydrogen (secondary N) is 1. The summed E-state index contributed by atoms with van der Waals surface area (Å²) in [6.45, 7) is 10.3. The zero-order chi connectivity index (χ0) is 22.1. The minimum absolute atomic E-state index is 0.00616. The average Bonchev–Trinajstić information content (AvgIpc) is 2.67. The molecule has 2 amide bonds. The molecule has 2 aromatic carbocycles. The molecule has 2 rings (SSSR count). The van der Waals surface area contributed by atoms with Crippen LogP contribution >= 0.6 is 11.8 Å². The minimum Gasteiger partial charge on any atom is -0.350 e. The Balaban J connectivity index is 2.15. The molecule has 0 aromatic heterocycles. The highest BCUT2D eigenvalue weighted by atomic mass is 32.2. The fourth-order valence-corrected chi connectivity index (χ4v) is 4.16. The van der Waals surface area contributed by atoms with Gasteiger partial charge in [-0.1, -0.05) is 67.1 Å². The van der Waals surface area contributed by atoms with E-state index in [0.29, 0.717) is 18.7 Å². The van der Waals surface area contributed by atoms with Crippen LogP contribution in [0, 0.1) is 6.92 Å². The first-order chi connectivity index (χ1) is 14.2. The molecule has 1 atom stereocenters. The highest BCUT2D eigenvalue weighted by Gasteiger charge is 2.30. The molecule has 0 aliphatic heterocycles. The normalized spacial score (nSPS) is 12.3. The molecule has 0 spiro atoms. The summed E-state index contributed by atoms with van der Waals surface area (Å²) < 4.78 is 0. The molecule has 30 heavy (non-hydrogen) atoms. The van der Waals surface area contributed by atoms with E-state index >= 15 is 0 Å². The number of aryl methyl sites for hydroxylation is 1. The van der Waals surface area contributed by atoms with Crippen molar-refractivity contribution >= 4 is 23.6 Å². The molecule has 2 aromatic rings. The van der Waals surface area contributed by atoms with Gasteiger partial charge in [0.15, 0.2) is 0 Å².